The first kappa shape index (κ1) is 15.9. The van der Waals surface area contributed by atoms with Crippen LogP contribution in [-0.4, -0.2) is 29.2 Å². The lowest BCUT2D eigenvalue weighted by Gasteiger charge is -2.19. The molecular formula is C19H18O5. The molecule has 1 aliphatic heterocycles. The Morgan fingerprint density at radius 1 is 1.17 bits per heavy atom. The van der Waals surface area contributed by atoms with E-state index in [1.54, 1.807) is 30.3 Å². The second-order valence-corrected chi connectivity index (χ2v) is 5.54. The first-order valence-corrected chi connectivity index (χ1v) is 7.75. The lowest BCUT2D eigenvalue weighted by molar-refractivity contribution is 0.100. The number of hydrogen-bond acceptors (Lipinski definition) is 5. The van der Waals surface area contributed by atoms with Crippen molar-refractivity contribution in [2.75, 3.05) is 13.2 Å². The molecule has 0 atom stereocenters. The Morgan fingerprint density at radius 3 is 2.75 bits per heavy atom. The van der Waals surface area contributed by atoms with E-state index in [9.17, 15) is 15.0 Å². The first-order chi connectivity index (χ1) is 11.6. The predicted molar refractivity (Wildman–Crippen MR) is 89.8 cm³/mol. The van der Waals surface area contributed by atoms with Crippen molar-refractivity contribution in [1.82, 2.24) is 0 Å². The molecule has 0 aliphatic carbocycles. The summed E-state index contributed by atoms with van der Waals surface area (Å²) in [6, 6.07) is 9.57. The highest BCUT2D eigenvalue weighted by Gasteiger charge is 2.23. The van der Waals surface area contributed by atoms with Crippen LogP contribution in [-0.2, 0) is 0 Å². The average molecular weight is 326 g/mol. The minimum Gasteiger partial charge on any atom is -0.504 e. The lowest BCUT2D eigenvalue weighted by Crippen LogP contribution is -2.19. The monoisotopic (exact) mass is 326 g/mol. The number of phenolic OH excluding ortho intramolecular Hbond substituents is 2. The van der Waals surface area contributed by atoms with Crippen molar-refractivity contribution in [2.24, 2.45) is 0 Å². The van der Waals surface area contributed by atoms with E-state index in [-0.39, 0.29) is 23.9 Å². The van der Waals surface area contributed by atoms with E-state index < -0.39 is 0 Å². The van der Waals surface area contributed by atoms with Gasteiger partial charge in [-0.05, 0) is 42.3 Å². The molecule has 1 heterocycles. The Kier molecular flexibility index (Phi) is 4.42. The summed E-state index contributed by atoms with van der Waals surface area (Å²) in [5.41, 5.74) is 1.58. The zero-order chi connectivity index (χ0) is 17.1. The van der Waals surface area contributed by atoms with Gasteiger partial charge >= 0.3 is 0 Å². The van der Waals surface area contributed by atoms with E-state index >= 15 is 0 Å². The number of ether oxygens (including phenoxy) is 2. The average Bonchev–Trinajstić information content (AvgIpc) is 2.58. The third-order valence-electron chi connectivity index (χ3n) is 3.69. The number of fused-ring (bicyclic) bond motifs is 1. The Morgan fingerprint density at radius 2 is 2.00 bits per heavy atom. The second-order valence-electron chi connectivity index (χ2n) is 5.54. The molecule has 0 radical (unpaired) electrons. The Hall–Kier alpha value is -2.95. The summed E-state index contributed by atoms with van der Waals surface area (Å²) in [7, 11) is 0. The van der Waals surface area contributed by atoms with Crippen LogP contribution in [0.25, 0.3) is 6.08 Å². The molecule has 0 fully saturated rings. The normalized spacial score (nSPS) is 15.0. The van der Waals surface area contributed by atoms with Crippen LogP contribution in [0.3, 0.4) is 0 Å². The van der Waals surface area contributed by atoms with E-state index in [0.717, 1.165) is 6.42 Å². The summed E-state index contributed by atoms with van der Waals surface area (Å²) >= 11 is 0. The van der Waals surface area contributed by atoms with E-state index in [4.69, 9.17) is 9.47 Å². The summed E-state index contributed by atoms with van der Waals surface area (Å²) in [5.74, 6) is 0.643. The number of phenols is 2. The highest BCUT2D eigenvalue weighted by molar-refractivity contribution is 6.14. The molecule has 5 heteroatoms. The fourth-order valence-electron chi connectivity index (χ4n) is 2.45. The summed E-state index contributed by atoms with van der Waals surface area (Å²) < 4.78 is 11.2. The zero-order valence-electron chi connectivity index (χ0n) is 13.3. The van der Waals surface area contributed by atoms with Gasteiger partial charge in [-0.15, -0.1) is 0 Å². The van der Waals surface area contributed by atoms with Crippen molar-refractivity contribution in [3.8, 4) is 23.0 Å². The van der Waals surface area contributed by atoms with E-state index in [1.807, 2.05) is 6.92 Å². The van der Waals surface area contributed by atoms with E-state index in [1.165, 1.54) is 12.1 Å². The van der Waals surface area contributed by atoms with Crippen LogP contribution < -0.4 is 9.47 Å². The number of aromatic hydroxyl groups is 2. The molecule has 0 unspecified atom stereocenters. The second kappa shape index (κ2) is 6.66. The molecule has 2 aromatic carbocycles. The first-order valence-electron chi connectivity index (χ1n) is 7.75. The predicted octanol–water partition coefficient (Wildman–Crippen LogP) is 3.55. The summed E-state index contributed by atoms with van der Waals surface area (Å²) in [6.45, 7) is 2.78. The Balaban J connectivity index is 1.86. The lowest BCUT2D eigenvalue weighted by atomic mass is 9.98. The maximum atomic E-state index is 12.6. The smallest absolute Gasteiger partial charge is 0.196 e. The number of benzene rings is 2. The van der Waals surface area contributed by atoms with Crippen LogP contribution in [0.5, 0.6) is 23.0 Å². The fraction of sp³-hybridized carbons (Fsp3) is 0.211. The number of carbonyl (C=O) groups excluding carboxylic acids is 1. The number of Topliss-reactive ketones (excluding diaryl/α,β-unsaturated/α-hetero) is 1. The van der Waals surface area contributed by atoms with Gasteiger partial charge in [0.15, 0.2) is 17.3 Å². The SMILES string of the molecule is CCCOc1ccc2c(c1)OC/C(=C\c1ccc(O)c(O)c1)C2=O. The van der Waals surface area contributed by atoms with Crippen molar-refractivity contribution < 1.29 is 24.5 Å². The molecule has 1 aliphatic rings. The van der Waals surface area contributed by atoms with Crippen molar-refractivity contribution in [3.63, 3.8) is 0 Å². The van der Waals surface area contributed by atoms with E-state index in [2.05, 4.69) is 0 Å². The van der Waals surface area contributed by atoms with Crippen molar-refractivity contribution >= 4 is 11.9 Å². The molecule has 5 nitrogen and oxygen atoms in total. The number of carbonyl (C=O) groups is 1. The standard InChI is InChI=1S/C19H18O5/c1-2-7-23-14-4-5-15-18(10-14)24-11-13(19(15)22)8-12-3-6-16(20)17(21)9-12/h3-6,8-10,20-21H,2,7,11H2,1H3/b13-8+. The van der Waals surface area contributed by atoms with Gasteiger partial charge in [0, 0.05) is 11.6 Å². The van der Waals surface area contributed by atoms with Gasteiger partial charge in [0.05, 0.1) is 12.2 Å². The van der Waals surface area contributed by atoms with Gasteiger partial charge in [-0.2, -0.15) is 0 Å². The van der Waals surface area contributed by atoms with Gasteiger partial charge in [0.25, 0.3) is 0 Å². The van der Waals surface area contributed by atoms with Crippen molar-refractivity contribution in [1.29, 1.82) is 0 Å². The quantitative estimate of drug-likeness (QED) is 0.664. The largest absolute Gasteiger partial charge is 0.504 e. The minimum absolute atomic E-state index is 0.120. The molecule has 2 N–H and O–H groups in total. The van der Waals surface area contributed by atoms with Crippen LogP contribution in [0, 0.1) is 0 Å². The highest BCUT2D eigenvalue weighted by Crippen LogP contribution is 2.32. The molecule has 124 valence electrons. The molecule has 2 aromatic rings. The topological polar surface area (TPSA) is 76.0 Å². The molecule has 3 rings (SSSR count). The van der Waals surface area contributed by atoms with Gasteiger partial charge in [-0.25, -0.2) is 0 Å². The number of hydrogen-bond donors (Lipinski definition) is 2. The number of rotatable bonds is 4. The molecule has 0 bridgehead atoms. The Labute approximate surface area is 139 Å². The maximum Gasteiger partial charge on any atom is 0.196 e. The maximum absolute atomic E-state index is 12.6. The highest BCUT2D eigenvalue weighted by atomic mass is 16.5. The molecule has 0 spiro atoms. The van der Waals surface area contributed by atoms with Crippen molar-refractivity contribution in [3.05, 3.63) is 53.1 Å². The summed E-state index contributed by atoms with van der Waals surface area (Å²) in [4.78, 5) is 12.6. The molecular weight excluding hydrogens is 308 g/mol. The molecule has 0 saturated carbocycles. The minimum atomic E-state index is -0.230. The molecule has 0 saturated heterocycles. The van der Waals surface area contributed by atoms with Crippen LogP contribution in [0.4, 0.5) is 0 Å². The van der Waals surface area contributed by atoms with Gasteiger partial charge in [0.2, 0.25) is 0 Å². The number of ketones is 1. The molecule has 24 heavy (non-hydrogen) atoms. The summed E-state index contributed by atoms with van der Waals surface area (Å²) in [6.07, 6.45) is 2.55. The molecule has 0 aromatic heterocycles. The fourth-order valence-corrected chi connectivity index (χ4v) is 2.45. The van der Waals surface area contributed by atoms with Crippen molar-refractivity contribution in [2.45, 2.75) is 13.3 Å². The van der Waals surface area contributed by atoms with Crippen LogP contribution in [0.2, 0.25) is 0 Å². The van der Waals surface area contributed by atoms with Crippen LogP contribution in [0.1, 0.15) is 29.3 Å². The molecule has 0 amide bonds. The Bertz CT molecular complexity index is 807. The van der Waals surface area contributed by atoms with Crippen LogP contribution >= 0.6 is 0 Å². The van der Waals surface area contributed by atoms with Gasteiger partial charge in [-0.3, -0.25) is 4.79 Å². The third-order valence-corrected chi connectivity index (χ3v) is 3.69. The van der Waals surface area contributed by atoms with Crippen LogP contribution in [0.15, 0.2) is 42.0 Å². The summed E-state index contributed by atoms with van der Waals surface area (Å²) in [5, 5.41) is 18.9. The third kappa shape index (κ3) is 3.20. The van der Waals surface area contributed by atoms with Gasteiger partial charge < -0.3 is 19.7 Å². The van der Waals surface area contributed by atoms with Gasteiger partial charge in [0.1, 0.15) is 18.1 Å². The zero-order valence-corrected chi connectivity index (χ0v) is 13.3. The van der Waals surface area contributed by atoms with E-state index in [0.29, 0.717) is 34.8 Å². The van der Waals surface area contributed by atoms with Gasteiger partial charge in [-0.1, -0.05) is 13.0 Å².